The number of hydrogen-bond donors (Lipinski definition) is 1. The normalized spacial score (nSPS) is 18.2. The topological polar surface area (TPSA) is 101 Å². The summed E-state index contributed by atoms with van der Waals surface area (Å²) in [5.41, 5.74) is 0.716. The number of morpholine rings is 1. The molecular weight excluding hydrogens is 286 g/mol. The van der Waals surface area contributed by atoms with Gasteiger partial charge in [0.15, 0.2) is 0 Å². The number of ether oxygens (including phenoxy) is 1. The summed E-state index contributed by atoms with van der Waals surface area (Å²) in [5, 5.41) is 0. The van der Waals surface area contributed by atoms with Gasteiger partial charge in [-0.15, -0.1) is 0 Å². The van der Waals surface area contributed by atoms with Crippen LogP contribution < -0.4 is 5.56 Å². The molecule has 1 atom stereocenters. The van der Waals surface area contributed by atoms with Crippen molar-refractivity contribution >= 4 is 5.91 Å². The molecule has 1 amide bonds. The Bertz CT molecular complexity index is 731. The number of H-pyrrole nitrogens is 1. The van der Waals surface area contributed by atoms with Crippen molar-refractivity contribution in [3.05, 3.63) is 52.2 Å². The maximum Gasteiger partial charge on any atom is 0.272 e. The Kier molecular flexibility index (Phi) is 3.92. The van der Waals surface area contributed by atoms with Gasteiger partial charge in [0.1, 0.15) is 23.9 Å². The largest absolute Gasteiger partial charge is 0.367 e. The molecule has 0 spiro atoms. The van der Waals surface area contributed by atoms with Crippen LogP contribution in [0.5, 0.6) is 0 Å². The Morgan fingerprint density at radius 2 is 2.36 bits per heavy atom. The minimum absolute atomic E-state index is 0.189. The van der Waals surface area contributed by atoms with Gasteiger partial charge in [-0.25, -0.2) is 15.0 Å². The van der Waals surface area contributed by atoms with Crippen LogP contribution in [0.4, 0.5) is 0 Å². The van der Waals surface area contributed by atoms with E-state index >= 15 is 0 Å². The summed E-state index contributed by atoms with van der Waals surface area (Å²) in [4.78, 5) is 40.3. The predicted octanol–water partition coefficient (Wildman–Crippen LogP) is 0.0820. The molecule has 0 saturated carbocycles. The second-order valence-corrected chi connectivity index (χ2v) is 4.98. The Morgan fingerprint density at radius 3 is 3.09 bits per heavy atom. The maximum atomic E-state index is 12.4. The summed E-state index contributed by atoms with van der Waals surface area (Å²) in [7, 11) is 0. The van der Waals surface area contributed by atoms with Gasteiger partial charge in [0.2, 0.25) is 0 Å². The molecule has 1 fully saturated rings. The van der Waals surface area contributed by atoms with Gasteiger partial charge in [0.05, 0.1) is 13.2 Å². The summed E-state index contributed by atoms with van der Waals surface area (Å²) in [6.45, 7) is 2.90. The van der Waals surface area contributed by atoms with E-state index in [0.29, 0.717) is 36.9 Å². The number of hydrogen-bond acceptors (Lipinski definition) is 6. The summed E-state index contributed by atoms with van der Waals surface area (Å²) < 4.78 is 5.63. The van der Waals surface area contributed by atoms with Crippen LogP contribution in [-0.2, 0) is 4.74 Å². The van der Waals surface area contributed by atoms with Gasteiger partial charge >= 0.3 is 0 Å². The summed E-state index contributed by atoms with van der Waals surface area (Å²) >= 11 is 0. The molecule has 2 aromatic rings. The van der Waals surface area contributed by atoms with Gasteiger partial charge < -0.3 is 14.6 Å². The molecule has 2 aromatic heterocycles. The van der Waals surface area contributed by atoms with Crippen molar-refractivity contribution in [2.24, 2.45) is 0 Å². The highest BCUT2D eigenvalue weighted by molar-refractivity contribution is 5.92. The monoisotopic (exact) mass is 301 g/mol. The van der Waals surface area contributed by atoms with Crippen molar-refractivity contribution in [2.75, 3.05) is 19.7 Å². The Hall–Kier alpha value is -2.61. The molecule has 114 valence electrons. The molecule has 0 bridgehead atoms. The first kappa shape index (κ1) is 14.3. The molecule has 3 heterocycles. The average molecular weight is 301 g/mol. The van der Waals surface area contributed by atoms with Crippen LogP contribution in [0.15, 0.2) is 29.5 Å². The number of aromatic nitrogens is 4. The van der Waals surface area contributed by atoms with Gasteiger partial charge in [-0.05, 0) is 13.0 Å². The van der Waals surface area contributed by atoms with E-state index in [9.17, 15) is 9.59 Å². The minimum atomic E-state index is -0.452. The first-order valence-electron chi connectivity index (χ1n) is 6.88. The van der Waals surface area contributed by atoms with Crippen molar-refractivity contribution in [2.45, 2.75) is 13.0 Å². The summed E-state index contributed by atoms with van der Waals surface area (Å²) in [5.74, 6) is 0.246. The van der Waals surface area contributed by atoms with E-state index in [2.05, 4.69) is 19.9 Å². The first-order valence-corrected chi connectivity index (χ1v) is 6.88. The van der Waals surface area contributed by atoms with E-state index in [1.165, 1.54) is 18.6 Å². The number of aryl methyl sites for hydroxylation is 1. The van der Waals surface area contributed by atoms with Gasteiger partial charge in [-0.3, -0.25) is 9.59 Å². The lowest BCUT2D eigenvalue weighted by Gasteiger charge is -2.32. The van der Waals surface area contributed by atoms with Crippen molar-refractivity contribution < 1.29 is 9.53 Å². The predicted molar refractivity (Wildman–Crippen MR) is 76.2 cm³/mol. The van der Waals surface area contributed by atoms with E-state index < -0.39 is 6.10 Å². The molecule has 1 saturated heterocycles. The fourth-order valence-electron chi connectivity index (χ4n) is 2.33. The van der Waals surface area contributed by atoms with Gasteiger partial charge in [-0.2, -0.15) is 0 Å². The number of aromatic amines is 1. The molecule has 8 heteroatoms. The minimum Gasteiger partial charge on any atom is -0.367 e. The number of amides is 1. The zero-order valence-electron chi connectivity index (χ0n) is 12.0. The van der Waals surface area contributed by atoms with E-state index in [4.69, 9.17) is 4.74 Å². The lowest BCUT2D eigenvalue weighted by Crippen LogP contribution is -2.43. The number of carbonyl (C=O) groups excluding carboxylic acids is 1. The van der Waals surface area contributed by atoms with Gasteiger partial charge in [0.25, 0.3) is 11.5 Å². The Morgan fingerprint density at radius 1 is 1.50 bits per heavy atom. The average Bonchev–Trinajstić information content (AvgIpc) is 2.54. The quantitative estimate of drug-likeness (QED) is 0.843. The van der Waals surface area contributed by atoms with Crippen molar-refractivity contribution in [3.63, 3.8) is 0 Å². The van der Waals surface area contributed by atoms with Crippen molar-refractivity contribution in [1.29, 1.82) is 0 Å². The van der Waals surface area contributed by atoms with Crippen LogP contribution in [0, 0.1) is 6.92 Å². The second kappa shape index (κ2) is 6.02. The zero-order chi connectivity index (χ0) is 15.5. The molecule has 0 aliphatic carbocycles. The highest BCUT2D eigenvalue weighted by Gasteiger charge is 2.28. The molecule has 0 radical (unpaired) electrons. The molecule has 8 nitrogen and oxygen atoms in total. The van der Waals surface area contributed by atoms with Crippen molar-refractivity contribution in [3.8, 4) is 0 Å². The Labute approximate surface area is 126 Å². The van der Waals surface area contributed by atoms with Crippen LogP contribution in [-0.4, -0.2) is 50.4 Å². The fourth-order valence-corrected chi connectivity index (χ4v) is 2.33. The highest BCUT2D eigenvalue weighted by atomic mass is 16.5. The summed E-state index contributed by atoms with van der Waals surface area (Å²) in [6.07, 6.45) is 2.41. The van der Waals surface area contributed by atoms with Crippen LogP contribution in [0.1, 0.15) is 28.1 Å². The van der Waals surface area contributed by atoms with Crippen LogP contribution >= 0.6 is 0 Å². The molecule has 0 aromatic carbocycles. The molecule has 22 heavy (non-hydrogen) atoms. The van der Waals surface area contributed by atoms with E-state index in [1.54, 1.807) is 17.9 Å². The second-order valence-electron chi connectivity index (χ2n) is 4.98. The van der Waals surface area contributed by atoms with E-state index in [1.807, 2.05) is 0 Å². The lowest BCUT2D eigenvalue weighted by molar-refractivity contribution is -0.0271. The first-order chi connectivity index (χ1) is 10.6. The molecular formula is C14H15N5O3. The van der Waals surface area contributed by atoms with E-state index in [-0.39, 0.29) is 11.5 Å². The van der Waals surface area contributed by atoms with Crippen LogP contribution in [0.25, 0.3) is 0 Å². The van der Waals surface area contributed by atoms with Crippen molar-refractivity contribution in [1.82, 2.24) is 24.8 Å². The standard InChI is InChI=1S/C14H15N5O3/c1-9-6-12(20)18-13(17-9)11-7-19(4-5-22-11)14(21)10-2-3-15-8-16-10/h2-3,6,8,11H,4-5,7H2,1H3,(H,17,18,20)/t11-/m1/s1. The molecule has 3 rings (SSSR count). The smallest absolute Gasteiger partial charge is 0.272 e. The van der Waals surface area contributed by atoms with Crippen LogP contribution in [0.3, 0.4) is 0 Å². The molecule has 0 unspecified atom stereocenters. The summed E-state index contributed by atoms with van der Waals surface area (Å²) in [6, 6.07) is 2.98. The van der Waals surface area contributed by atoms with E-state index in [0.717, 1.165) is 0 Å². The third-order valence-electron chi connectivity index (χ3n) is 3.35. The zero-order valence-corrected chi connectivity index (χ0v) is 12.0. The molecule has 1 aliphatic heterocycles. The molecule has 1 N–H and O–H groups in total. The lowest BCUT2D eigenvalue weighted by atomic mass is 10.2. The number of rotatable bonds is 2. The number of nitrogens with zero attached hydrogens (tertiary/aromatic N) is 4. The Balaban J connectivity index is 1.79. The SMILES string of the molecule is Cc1cc(=O)[nH]c([C@H]2CN(C(=O)c3ccncn3)CCO2)n1. The third kappa shape index (κ3) is 3.01. The molecule has 1 aliphatic rings. The van der Waals surface area contributed by atoms with Crippen LogP contribution in [0.2, 0.25) is 0 Å². The third-order valence-corrected chi connectivity index (χ3v) is 3.35. The maximum absolute atomic E-state index is 12.4. The van der Waals surface area contributed by atoms with Gasteiger partial charge in [0, 0.05) is 24.5 Å². The van der Waals surface area contributed by atoms with Gasteiger partial charge in [-0.1, -0.05) is 0 Å². The number of carbonyl (C=O) groups is 1. The number of nitrogens with one attached hydrogen (secondary N) is 1. The fraction of sp³-hybridized carbons (Fsp3) is 0.357. The highest BCUT2D eigenvalue weighted by Crippen LogP contribution is 2.19.